The number of hydrogen-bond donors (Lipinski definition) is 0. The lowest BCUT2D eigenvalue weighted by molar-refractivity contribution is -0.103. The molecule has 3 aliphatic carbocycles. The minimum absolute atomic E-state index is 0.501. The van der Waals surface area contributed by atoms with Gasteiger partial charge in [0.1, 0.15) is 0 Å². The third-order valence-corrected chi connectivity index (χ3v) is 7.49. The second kappa shape index (κ2) is 8.54. The van der Waals surface area contributed by atoms with E-state index in [0.29, 0.717) is 24.4 Å². The molecule has 3 rings (SSSR count). The highest BCUT2D eigenvalue weighted by atomic mass is 16.5. The summed E-state index contributed by atoms with van der Waals surface area (Å²) in [5.74, 6) is 3.43. The van der Waals surface area contributed by atoms with Crippen molar-refractivity contribution in [3.05, 3.63) is 0 Å². The summed E-state index contributed by atoms with van der Waals surface area (Å²) in [5.41, 5.74) is 0. The lowest BCUT2D eigenvalue weighted by Crippen LogP contribution is -2.36. The first-order valence-electron chi connectivity index (χ1n) is 10.8. The molecule has 0 aromatic carbocycles. The number of hydrogen-bond acceptors (Lipinski definition) is 2. The Kier molecular flexibility index (Phi) is 6.65. The molecule has 0 heterocycles. The normalized spacial score (nSPS) is 47.5. The first kappa shape index (κ1) is 18.7. The summed E-state index contributed by atoms with van der Waals surface area (Å²) in [5, 5.41) is 0. The Bertz CT molecular complexity index is 338. The Morgan fingerprint density at radius 2 is 0.750 bits per heavy atom. The highest BCUT2D eigenvalue weighted by molar-refractivity contribution is 4.81. The van der Waals surface area contributed by atoms with Gasteiger partial charge in [0.2, 0.25) is 0 Å². The van der Waals surface area contributed by atoms with Gasteiger partial charge in [0, 0.05) is 0 Å². The predicted octanol–water partition coefficient (Wildman–Crippen LogP) is 5.98. The van der Waals surface area contributed by atoms with Crippen molar-refractivity contribution in [2.75, 3.05) is 0 Å². The fourth-order valence-electron chi connectivity index (χ4n) is 5.09. The van der Waals surface area contributed by atoms with Crippen molar-refractivity contribution in [2.24, 2.45) is 23.7 Å². The van der Waals surface area contributed by atoms with Crippen LogP contribution in [0.3, 0.4) is 0 Å². The Labute approximate surface area is 150 Å². The Morgan fingerprint density at radius 3 is 1.08 bits per heavy atom. The van der Waals surface area contributed by atoms with Crippen molar-refractivity contribution < 1.29 is 9.47 Å². The van der Waals surface area contributed by atoms with Crippen LogP contribution in [0.4, 0.5) is 0 Å². The van der Waals surface area contributed by atoms with Gasteiger partial charge in [0.05, 0.1) is 24.4 Å². The maximum absolute atomic E-state index is 6.46. The minimum Gasteiger partial charge on any atom is -0.375 e. The summed E-state index contributed by atoms with van der Waals surface area (Å²) in [6.07, 6.45) is 14.7. The molecule has 3 aliphatic rings. The smallest absolute Gasteiger partial charge is 0.0581 e. The molecule has 0 spiro atoms. The lowest BCUT2D eigenvalue weighted by Gasteiger charge is -2.38. The maximum Gasteiger partial charge on any atom is 0.0581 e. The highest BCUT2D eigenvalue weighted by Gasteiger charge is 2.31. The molecule has 0 amide bonds. The fraction of sp³-hybridized carbons (Fsp3) is 1.00. The van der Waals surface area contributed by atoms with Gasteiger partial charge in [0.15, 0.2) is 0 Å². The van der Waals surface area contributed by atoms with E-state index in [9.17, 15) is 0 Å². The van der Waals surface area contributed by atoms with Crippen LogP contribution in [0.15, 0.2) is 0 Å². The summed E-state index contributed by atoms with van der Waals surface area (Å²) in [6, 6.07) is 0. The summed E-state index contributed by atoms with van der Waals surface area (Å²) in [6.45, 7) is 9.60. The first-order chi connectivity index (χ1) is 11.5. The molecule has 0 saturated heterocycles. The van der Waals surface area contributed by atoms with Crippen LogP contribution in [0.5, 0.6) is 0 Å². The largest absolute Gasteiger partial charge is 0.375 e. The second-order valence-corrected chi connectivity index (χ2v) is 9.45. The average molecular weight is 337 g/mol. The van der Waals surface area contributed by atoms with Crippen molar-refractivity contribution >= 4 is 0 Å². The lowest BCUT2D eigenvalue weighted by atomic mass is 9.80. The fourth-order valence-corrected chi connectivity index (χ4v) is 5.09. The van der Waals surface area contributed by atoms with Crippen LogP contribution in [0.25, 0.3) is 0 Å². The van der Waals surface area contributed by atoms with E-state index in [1.807, 2.05) is 0 Å². The molecule has 2 nitrogen and oxygen atoms in total. The third kappa shape index (κ3) is 4.97. The van der Waals surface area contributed by atoms with Crippen molar-refractivity contribution in [3.63, 3.8) is 0 Å². The molecule has 3 saturated carbocycles. The molecular weight excluding hydrogens is 296 g/mol. The van der Waals surface area contributed by atoms with Crippen LogP contribution < -0.4 is 0 Å². The average Bonchev–Trinajstić information content (AvgIpc) is 2.56. The van der Waals surface area contributed by atoms with E-state index in [1.165, 1.54) is 64.2 Å². The van der Waals surface area contributed by atoms with Crippen molar-refractivity contribution in [3.8, 4) is 0 Å². The van der Waals surface area contributed by atoms with Gasteiger partial charge >= 0.3 is 0 Å². The van der Waals surface area contributed by atoms with Crippen LogP contribution in [0.1, 0.15) is 91.9 Å². The van der Waals surface area contributed by atoms with Gasteiger partial charge in [-0.2, -0.15) is 0 Å². The van der Waals surface area contributed by atoms with Gasteiger partial charge in [-0.1, -0.05) is 27.7 Å². The van der Waals surface area contributed by atoms with Crippen LogP contribution in [-0.4, -0.2) is 24.4 Å². The Morgan fingerprint density at radius 1 is 0.417 bits per heavy atom. The van der Waals surface area contributed by atoms with Gasteiger partial charge < -0.3 is 9.47 Å². The zero-order valence-electron chi connectivity index (χ0n) is 16.5. The molecule has 6 unspecified atom stereocenters. The van der Waals surface area contributed by atoms with Crippen molar-refractivity contribution in [1.82, 2.24) is 0 Å². The van der Waals surface area contributed by atoms with Crippen LogP contribution in [0.2, 0.25) is 0 Å². The highest BCUT2D eigenvalue weighted by Crippen LogP contribution is 2.36. The van der Waals surface area contributed by atoms with Crippen LogP contribution in [-0.2, 0) is 9.47 Å². The molecule has 2 heteroatoms. The van der Waals surface area contributed by atoms with Gasteiger partial charge in [-0.05, 0) is 87.9 Å². The van der Waals surface area contributed by atoms with Crippen molar-refractivity contribution in [1.29, 1.82) is 0 Å². The van der Waals surface area contributed by atoms with E-state index < -0.39 is 0 Å². The van der Waals surface area contributed by atoms with Crippen LogP contribution >= 0.6 is 0 Å². The SMILES string of the molecule is CC1CCC(OC2CCC(OC3CCC(C)C(C)C3)CC2)CC1C. The maximum atomic E-state index is 6.46. The molecule has 0 aromatic rings. The Hall–Kier alpha value is -0.0800. The molecule has 0 aromatic heterocycles. The molecule has 6 atom stereocenters. The van der Waals surface area contributed by atoms with E-state index in [2.05, 4.69) is 27.7 Å². The third-order valence-electron chi connectivity index (χ3n) is 7.49. The summed E-state index contributed by atoms with van der Waals surface area (Å²) in [4.78, 5) is 0. The van der Waals surface area contributed by atoms with Gasteiger partial charge in [-0.25, -0.2) is 0 Å². The predicted molar refractivity (Wildman–Crippen MR) is 100 cm³/mol. The second-order valence-electron chi connectivity index (χ2n) is 9.45. The van der Waals surface area contributed by atoms with Gasteiger partial charge in [-0.3, -0.25) is 0 Å². The summed E-state index contributed by atoms with van der Waals surface area (Å²) in [7, 11) is 0. The quantitative estimate of drug-likeness (QED) is 0.628. The van der Waals surface area contributed by atoms with E-state index >= 15 is 0 Å². The zero-order valence-corrected chi connectivity index (χ0v) is 16.5. The summed E-state index contributed by atoms with van der Waals surface area (Å²) < 4.78 is 12.9. The molecule has 0 aliphatic heterocycles. The van der Waals surface area contributed by atoms with E-state index in [1.54, 1.807) is 0 Å². The number of ether oxygens (including phenoxy) is 2. The molecular formula is C22H40O2. The first-order valence-corrected chi connectivity index (χ1v) is 10.8. The van der Waals surface area contributed by atoms with Crippen LogP contribution in [0, 0.1) is 23.7 Å². The van der Waals surface area contributed by atoms with Gasteiger partial charge in [0.25, 0.3) is 0 Å². The Balaban J connectivity index is 1.35. The topological polar surface area (TPSA) is 18.5 Å². The molecule has 0 N–H and O–H groups in total. The van der Waals surface area contributed by atoms with Gasteiger partial charge in [-0.15, -0.1) is 0 Å². The van der Waals surface area contributed by atoms with E-state index in [-0.39, 0.29) is 0 Å². The zero-order chi connectivity index (χ0) is 17.1. The summed E-state index contributed by atoms with van der Waals surface area (Å²) >= 11 is 0. The minimum atomic E-state index is 0.501. The van der Waals surface area contributed by atoms with E-state index in [4.69, 9.17) is 9.47 Å². The molecule has 0 radical (unpaired) electrons. The van der Waals surface area contributed by atoms with Crippen molar-refractivity contribution in [2.45, 2.75) is 116 Å². The van der Waals surface area contributed by atoms with E-state index in [0.717, 1.165) is 23.7 Å². The standard InChI is InChI=1S/C22H40O2/c1-15-5-7-21(13-17(15)3)23-19-9-11-20(12-10-19)24-22-8-6-16(2)18(4)14-22/h15-22H,5-14H2,1-4H3. The monoisotopic (exact) mass is 336 g/mol. The molecule has 0 bridgehead atoms. The molecule has 140 valence electrons. The number of rotatable bonds is 4. The molecule has 3 fully saturated rings. The molecule has 24 heavy (non-hydrogen) atoms.